The molecule has 1 aromatic carbocycles. The third-order valence-corrected chi connectivity index (χ3v) is 4.77. The van der Waals surface area contributed by atoms with Crippen LogP contribution in [0.4, 0.5) is 0 Å². The highest BCUT2D eigenvalue weighted by atomic mass is 16.5. The van der Waals surface area contributed by atoms with Gasteiger partial charge < -0.3 is 14.7 Å². The van der Waals surface area contributed by atoms with Crippen LogP contribution in [0.3, 0.4) is 0 Å². The summed E-state index contributed by atoms with van der Waals surface area (Å²) in [6.45, 7) is 1.08. The molecule has 0 bridgehead atoms. The first-order valence-electron chi connectivity index (χ1n) is 8.90. The highest BCUT2D eigenvalue weighted by molar-refractivity contribution is 5.93. The van der Waals surface area contributed by atoms with Gasteiger partial charge in [-0.1, -0.05) is 18.2 Å². The number of hydrogen-bond acceptors (Lipinski definition) is 4. The number of morpholine rings is 1. The van der Waals surface area contributed by atoms with Crippen molar-refractivity contribution in [3.05, 3.63) is 47.8 Å². The van der Waals surface area contributed by atoms with Crippen LogP contribution >= 0.6 is 0 Å². The average molecular weight is 355 g/mol. The number of aromatic nitrogens is 2. The first-order valence-corrected chi connectivity index (χ1v) is 8.90. The van der Waals surface area contributed by atoms with Crippen LogP contribution in [0, 0.1) is 0 Å². The lowest BCUT2D eigenvalue weighted by Crippen LogP contribution is -2.46. The van der Waals surface area contributed by atoms with Crippen molar-refractivity contribution in [3.63, 3.8) is 0 Å². The van der Waals surface area contributed by atoms with E-state index in [9.17, 15) is 9.59 Å². The van der Waals surface area contributed by atoms with Crippen molar-refractivity contribution in [1.82, 2.24) is 14.7 Å². The van der Waals surface area contributed by atoms with E-state index in [4.69, 9.17) is 9.84 Å². The molecule has 4 rings (SSSR count). The van der Waals surface area contributed by atoms with Gasteiger partial charge in [-0.3, -0.25) is 9.59 Å². The molecule has 7 heteroatoms. The first kappa shape index (κ1) is 16.8. The predicted molar refractivity (Wildman–Crippen MR) is 93.4 cm³/mol. The molecule has 2 aliphatic rings. The zero-order valence-electron chi connectivity index (χ0n) is 14.4. The van der Waals surface area contributed by atoms with Crippen LogP contribution in [0.2, 0.25) is 0 Å². The number of carbonyl (C=O) groups excluding carboxylic acids is 1. The molecule has 1 atom stereocenters. The minimum atomic E-state index is -0.922. The number of amides is 1. The van der Waals surface area contributed by atoms with Gasteiger partial charge in [0, 0.05) is 19.0 Å². The van der Waals surface area contributed by atoms with Crippen LogP contribution in [0.1, 0.15) is 41.4 Å². The van der Waals surface area contributed by atoms with Crippen molar-refractivity contribution >= 4 is 11.9 Å². The molecule has 1 aliphatic carbocycles. The number of benzene rings is 1. The molecule has 26 heavy (non-hydrogen) atoms. The molecular weight excluding hydrogens is 334 g/mol. The number of rotatable bonds is 5. The first-order chi connectivity index (χ1) is 12.6. The van der Waals surface area contributed by atoms with Crippen molar-refractivity contribution in [2.45, 2.75) is 31.3 Å². The second-order valence-corrected chi connectivity index (χ2v) is 6.82. The molecule has 1 saturated carbocycles. The molecule has 1 aromatic heterocycles. The van der Waals surface area contributed by atoms with E-state index in [1.54, 1.807) is 9.58 Å². The number of nitrogens with zero attached hydrogens (tertiary/aromatic N) is 3. The second-order valence-electron chi connectivity index (χ2n) is 6.82. The lowest BCUT2D eigenvalue weighted by atomic mass is 10.2. The summed E-state index contributed by atoms with van der Waals surface area (Å²) in [5.74, 6) is -0.613. The molecule has 0 spiro atoms. The fourth-order valence-electron chi connectivity index (χ4n) is 3.28. The van der Waals surface area contributed by atoms with Gasteiger partial charge in [-0.2, -0.15) is 5.10 Å². The highest BCUT2D eigenvalue weighted by Gasteiger charge is 2.32. The highest BCUT2D eigenvalue weighted by Crippen LogP contribution is 2.39. The molecule has 1 amide bonds. The molecule has 1 unspecified atom stereocenters. The van der Waals surface area contributed by atoms with E-state index in [-0.39, 0.29) is 18.9 Å². The smallest absolute Gasteiger partial charge is 0.306 e. The van der Waals surface area contributed by atoms with Crippen LogP contribution in [0.5, 0.6) is 0 Å². The minimum absolute atomic E-state index is 0.102. The number of hydrogen-bond donors (Lipinski definition) is 1. The summed E-state index contributed by atoms with van der Waals surface area (Å²) in [5.41, 5.74) is 2.32. The number of ether oxygens (including phenoxy) is 1. The summed E-state index contributed by atoms with van der Waals surface area (Å²) in [6.07, 6.45) is 1.64. The predicted octanol–water partition coefficient (Wildman–Crippen LogP) is 2.07. The Morgan fingerprint density at radius 3 is 2.69 bits per heavy atom. The summed E-state index contributed by atoms with van der Waals surface area (Å²) in [5, 5.41) is 13.6. The Hall–Kier alpha value is -2.67. The molecule has 2 fully saturated rings. The van der Waals surface area contributed by atoms with Crippen molar-refractivity contribution in [1.29, 1.82) is 0 Å². The maximum atomic E-state index is 13.1. The van der Waals surface area contributed by atoms with E-state index in [1.165, 1.54) is 0 Å². The van der Waals surface area contributed by atoms with E-state index >= 15 is 0 Å². The van der Waals surface area contributed by atoms with E-state index in [0.29, 0.717) is 24.8 Å². The van der Waals surface area contributed by atoms with Gasteiger partial charge in [0.25, 0.3) is 5.91 Å². The summed E-state index contributed by atoms with van der Waals surface area (Å²) in [6, 6.07) is 11.5. The Morgan fingerprint density at radius 2 is 2.00 bits per heavy atom. The number of carbonyl (C=O) groups is 2. The Balaban J connectivity index is 1.61. The van der Waals surface area contributed by atoms with Crippen LogP contribution in [-0.2, 0) is 9.53 Å². The number of carboxylic acids is 1. The van der Waals surface area contributed by atoms with Crippen molar-refractivity contribution < 1.29 is 19.4 Å². The lowest BCUT2D eigenvalue weighted by molar-refractivity contribution is -0.141. The van der Waals surface area contributed by atoms with E-state index in [2.05, 4.69) is 5.10 Å². The SMILES string of the molecule is O=C(O)CC1CN(C(=O)c2cc(C3CC3)nn2-c2ccccc2)CCO1. The normalized spacial score (nSPS) is 20.2. The summed E-state index contributed by atoms with van der Waals surface area (Å²) in [7, 11) is 0. The largest absolute Gasteiger partial charge is 0.481 e. The zero-order chi connectivity index (χ0) is 18.1. The summed E-state index contributed by atoms with van der Waals surface area (Å²) in [4.78, 5) is 25.8. The molecule has 136 valence electrons. The maximum absolute atomic E-state index is 13.1. The Bertz CT molecular complexity index is 813. The van der Waals surface area contributed by atoms with Gasteiger partial charge in [0.1, 0.15) is 5.69 Å². The minimum Gasteiger partial charge on any atom is -0.481 e. The molecule has 0 radical (unpaired) electrons. The number of carboxylic acid groups (broad SMARTS) is 1. The molecular formula is C19H21N3O4. The van der Waals surface area contributed by atoms with Crippen LogP contribution in [0.25, 0.3) is 5.69 Å². The average Bonchev–Trinajstić information content (AvgIpc) is 3.40. The second kappa shape index (κ2) is 6.92. The van der Waals surface area contributed by atoms with Gasteiger partial charge in [-0.15, -0.1) is 0 Å². The topological polar surface area (TPSA) is 84.7 Å². The van der Waals surface area contributed by atoms with Gasteiger partial charge in [-0.25, -0.2) is 4.68 Å². The van der Waals surface area contributed by atoms with Crippen molar-refractivity contribution in [2.24, 2.45) is 0 Å². The fraction of sp³-hybridized carbons (Fsp3) is 0.421. The van der Waals surface area contributed by atoms with Crippen molar-refractivity contribution in [3.8, 4) is 5.69 Å². The standard InChI is InChI=1S/C19H21N3O4/c23-18(24)10-15-12-21(8-9-26-15)19(25)17-11-16(13-6-7-13)20-22(17)14-4-2-1-3-5-14/h1-5,11,13,15H,6-10,12H2,(H,23,24). The third kappa shape index (κ3) is 3.48. The maximum Gasteiger partial charge on any atom is 0.306 e. The van der Waals surface area contributed by atoms with Crippen LogP contribution < -0.4 is 0 Å². The van der Waals surface area contributed by atoms with E-state index < -0.39 is 12.1 Å². The Labute approximate surface area is 151 Å². The summed E-state index contributed by atoms with van der Waals surface area (Å²) >= 11 is 0. The monoisotopic (exact) mass is 355 g/mol. The van der Waals surface area contributed by atoms with Gasteiger partial charge in [0.2, 0.25) is 0 Å². The van der Waals surface area contributed by atoms with Gasteiger partial charge in [0.05, 0.1) is 30.5 Å². The summed E-state index contributed by atoms with van der Waals surface area (Å²) < 4.78 is 7.18. The molecule has 2 heterocycles. The molecule has 1 saturated heterocycles. The fourth-order valence-corrected chi connectivity index (χ4v) is 3.28. The number of para-hydroxylation sites is 1. The molecule has 2 aromatic rings. The Kier molecular flexibility index (Phi) is 4.46. The molecule has 1 aliphatic heterocycles. The van der Waals surface area contributed by atoms with E-state index in [1.807, 2.05) is 36.4 Å². The van der Waals surface area contributed by atoms with Crippen molar-refractivity contribution in [2.75, 3.05) is 19.7 Å². The third-order valence-electron chi connectivity index (χ3n) is 4.77. The van der Waals surface area contributed by atoms with Gasteiger partial charge in [0.15, 0.2) is 0 Å². The van der Waals surface area contributed by atoms with Crippen LogP contribution in [0.15, 0.2) is 36.4 Å². The van der Waals surface area contributed by atoms with E-state index in [0.717, 1.165) is 24.2 Å². The quantitative estimate of drug-likeness (QED) is 0.887. The number of aliphatic carboxylic acids is 1. The Morgan fingerprint density at radius 1 is 1.23 bits per heavy atom. The molecule has 1 N–H and O–H groups in total. The van der Waals surface area contributed by atoms with Gasteiger partial charge >= 0.3 is 5.97 Å². The van der Waals surface area contributed by atoms with Gasteiger partial charge in [-0.05, 0) is 31.0 Å². The lowest BCUT2D eigenvalue weighted by Gasteiger charge is -2.32. The molecule has 7 nitrogen and oxygen atoms in total. The zero-order valence-corrected chi connectivity index (χ0v) is 14.4. The van der Waals surface area contributed by atoms with Crippen LogP contribution in [-0.4, -0.2) is 57.5 Å².